The Balaban J connectivity index is 3.01. The van der Waals surface area contributed by atoms with E-state index < -0.39 is 10.0 Å². The highest BCUT2D eigenvalue weighted by Crippen LogP contribution is 2.16. The second kappa shape index (κ2) is 7.04. The van der Waals surface area contributed by atoms with E-state index >= 15 is 0 Å². The summed E-state index contributed by atoms with van der Waals surface area (Å²) < 4.78 is 25.8. The van der Waals surface area contributed by atoms with Crippen molar-refractivity contribution in [1.29, 1.82) is 0 Å². The fourth-order valence-electron chi connectivity index (χ4n) is 2.16. The molecule has 0 aromatic heterocycles. The topological polar surface area (TPSA) is 66.5 Å². The molecule has 6 heteroatoms. The van der Waals surface area contributed by atoms with Gasteiger partial charge in [0.1, 0.15) is 0 Å². The molecule has 0 aliphatic rings. The second-order valence-corrected chi connectivity index (χ2v) is 7.52. The Morgan fingerprint density at radius 1 is 1.29 bits per heavy atom. The Hall–Kier alpha value is -1.40. The SMILES string of the molecule is CNS(=O)(=O)c1cccc(C(=O)N(C)[C@H](C)CC(C)C)c1. The molecule has 1 N–H and O–H groups in total. The van der Waals surface area contributed by atoms with Crippen molar-refractivity contribution >= 4 is 15.9 Å². The minimum Gasteiger partial charge on any atom is -0.339 e. The fourth-order valence-corrected chi connectivity index (χ4v) is 2.93. The van der Waals surface area contributed by atoms with Crippen molar-refractivity contribution in [3.05, 3.63) is 29.8 Å². The van der Waals surface area contributed by atoms with Gasteiger partial charge in [0, 0.05) is 18.7 Å². The number of nitrogens with one attached hydrogen (secondary N) is 1. The third-order valence-corrected chi connectivity index (χ3v) is 4.87. The van der Waals surface area contributed by atoms with Gasteiger partial charge < -0.3 is 4.90 Å². The molecule has 1 aromatic rings. The van der Waals surface area contributed by atoms with E-state index in [4.69, 9.17) is 0 Å². The van der Waals surface area contributed by atoms with Crippen molar-refractivity contribution in [1.82, 2.24) is 9.62 Å². The molecule has 1 aromatic carbocycles. The van der Waals surface area contributed by atoms with E-state index in [1.807, 2.05) is 6.92 Å². The number of hydrogen-bond acceptors (Lipinski definition) is 3. The minimum absolute atomic E-state index is 0.0979. The van der Waals surface area contributed by atoms with Crippen LogP contribution < -0.4 is 4.72 Å². The van der Waals surface area contributed by atoms with E-state index in [1.165, 1.54) is 19.2 Å². The third-order valence-electron chi connectivity index (χ3n) is 3.45. The number of carbonyl (C=O) groups excluding carboxylic acids is 1. The Labute approximate surface area is 127 Å². The van der Waals surface area contributed by atoms with E-state index in [2.05, 4.69) is 18.6 Å². The number of sulfonamides is 1. The van der Waals surface area contributed by atoms with Gasteiger partial charge in [-0.1, -0.05) is 19.9 Å². The van der Waals surface area contributed by atoms with Crippen molar-refractivity contribution < 1.29 is 13.2 Å². The summed E-state index contributed by atoms with van der Waals surface area (Å²) in [5.74, 6) is 0.322. The van der Waals surface area contributed by atoms with Crippen LogP contribution in [0.1, 0.15) is 37.6 Å². The molecule has 118 valence electrons. The molecule has 0 spiro atoms. The summed E-state index contributed by atoms with van der Waals surface area (Å²) in [5.41, 5.74) is 0.379. The predicted octanol–water partition coefficient (Wildman–Crippen LogP) is 2.10. The summed E-state index contributed by atoms with van der Waals surface area (Å²) in [7, 11) is -0.447. The smallest absolute Gasteiger partial charge is 0.253 e. The van der Waals surface area contributed by atoms with Crippen molar-refractivity contribution in [3.8, 4) is 0 Å². The summed E-state index contributed by atoms with van der Waals surface area (Å²) in [6.45, 7) is 6.20. The van der Waals surface area contributed by atoms with Crippen LogP contribution in [-0.2, 0) is 10.0 Å². The molecule has 0 unspecified atom stereocenters. The number of carbonyl (C=O) groups is 1. The number of amides is 1. The molecule has 0 heterocycles. The normalized spacial score (nSPS) is 13.2. The van der Waals surface area contributed by atoms with Gasteiger partial charge in [-0.25, -0.2) is 13.1 Å². The first-order valence-corrected chi connectivity index (χ1v) is 8.48. The standard InChI is InChI=1S/C15H24N2O3S/c1-11(2)9-12(3)17(5)15(18)13-7-6-8-14(10-13)21(19,20)16-4/h6-8,10-12,16H,9H2,1-5H3/t12-/m1/s1. The van der Waals surface area contributed by atoms with Crippen LogP contribution in [-0.4, -0.2) is 39.4 Å². The first-order valence-electron chi connectivity index (χ1n) is 6.99. The van der Waals surface area contributed by atoms with Crippen molar-refractivity contribution in [2.45, 2.75) is 38.1 Å². The summed E-state index contributed by atoms with van der Waals surface area (Å²) >= 11 is 0. The molecule has 5 nitrogen and oxygen atoms in total. The van der Waals surface area contributed by atoms with Crippen LogP contribution in [0.3, 0.4) is 0 Å². The molecule has 0 bridgehead atoms. The van der Waals surface area contributed by atoms with Gasteiger partial charge in [-0.3, -0.25) is 4.79 Å². The maximum Gasteiger partial charge on any atom is 0.253 e. The van der Waals surface area contributed by atoms with Gasteiger partial charge in [-0.05, 0) is 44.5 Å². The van der Waals surface area contributed by atoms with Crippen LogP contribution in [0.4, 0.5) is 0 Å². The van der Waals surface area contributed by atoms with Crippen LogP contribution in [0.5, 0.6) is 0 Å². The Kier molecular flexibility index (Phi) is 5.92. The minimum atomic E-state index is -3.54. The number of benzene rings is 1. The van der Waals surface area contributed by atoms with E-state index in [1.54, 1.807) is 24.1 Å². The number of rotatable bonds is 6. The Bertz CT molecular complexity index is 597. The molecule has 0 aliphatic carbocycles. The fraction of sp³-hybridized carbons (Fsp3) is 0.533. The predicted molar refractivity (Wildman–Crippen MR) is 83.7 cm³/mol. The quantitative estimate of drug-likeness (QED) is 0.875. The van der Waals surface area contributed by atoms with Crippen LogP contribution in [0.15, 0.2) is 29.2 Å². The molecule has 1 amide bonds. The zero-order chi connectivity index (χ0) is 16.2. The number of nitrogens with zero attached hydrogens (tertiary/aromatic N) is 1. The lowest BCUT2D eigenvalue weighted by atomic mass is 10.0. The molecule has 0 fully saturated rings. The lowest BCUT2D eigenvalue weighted by molar-refractivity contribution is 0.0728. The van der Waals surface area contributed by atoms with Crippen LogP contribution in [0, 0.1) is 5.92 Å². The highest BCUT2D eigenvalue weighted by atomic mass is 32.2. The molecular formula is C15H24N2O3S. The van der Waals surface area contributed by atoms with E-state index in [9.17, 15) is 13.2 Å². The third kappa shape index (κ3) is 4.54. The lowest BCUT2D eigenvalue weighted by Crippen LogP contribution is -2.36. The largest absolute Gasteiger partial charge is 0.339 e. The van der Waals surface area contributed by atoms with Crippen molar-refractivity contribution in [2.24, 2.45) is 5.92 Å². The molecule has 0 saturated heterocycles. The Morgan fingerprint density at radius 2 is 1.90 bits per heavy atom. The summed E-state index contributed by atoms with van der Waals surface area (Å²) in [5, 5.41) is 0. The van der Waals surface area contributed by atoms with Crippen LogP contribution >= 0.6 is 0 Å². The monoisotopic (exact) mass is 312 g/mol. The molecule has 1 rings (SSSR count). The molecule has 0 aliphatic heterocycles. The van der Waals surface area contributed by atoms with Crippen molar-refractivity contribution in [3.63, 3.8) is 0 Å². The molecular weight excluding hydrogens is 288 g/mol. The maximum absolute atomic E-state index is 12.4. The van der Waals surface area contributed by atoms with Gasteiger partial charge >= 0.3 is 0 Å². The van der Waals surface area contributed by atoms with Gasteiger partial charge in [-0.15, -0.1) is 0 Å². The van der Waals surface area contributed by atoms with Crippen LogP contribution in [0.25, 0.3) is 0 Å². The highest BCUT2D eigenvalue weighted by molar-refractivity contribution is 7.89. The van der Waals surface area contributed by atoms with Gasteiger partial charge in [0.25, 0.3) is 5.91 Å². The lowest BCUT2D eigenvalue weighted by Gasteiger charge is -2.26. The van der Waals surface area contributed by atoms with E-state index in [0.717, 1.165) is 6.42 Å². The molecule has 1 atom stereocenters. The molecule has 21 heavy (non-hydrogen) atoms. The van der Waals surface area contributed by atoms with Crippen LogP contribution in [0.2, 0.25) is 0 Å². The number of hydrogen-bond donors (Lipinski definition) is 1. The zero-order valence-electron chi connectivity index (χ0n) is 13.3. The van der Waals surface area contributed by atoms with Gasteiger partial charge in [0.2, 0.25) is 10.0 Å². The van der Waals surface area contributed by atoms with Gasteiger partial charge in [0.15, 0.2) is 0 Å². The van der Waals surface area contributed by atoms with Gasteiger partial charge in [0.05, 0.1) is 4.90 Å². The average molecular weight is 312 g/mol. The van der Waals surface area contributed by atoms with Crippen molar-refractivity contribution in [2.75, 3.05) is 14.1 Å². The molecule has 0 saturated carbocycles. The average Bonchev–Trinajstić information content (AvgIpc) is 2.45. The zero-order valence-corrected chi connectivity index (χ0v) is 14.1. The summed E-state index contributed by atoms with van der Waals surface area (Å²) in [4.78, 5) is 14.2. The van der Waals surface area contributed by atoms with E-state index in [0.29, 0.717) is 11.5 Å². The van der Waals surface area contributed by atoms with Gasteiger partial charge in [-0.2, -0.15) is 0 Å². The second-order valence-electron chi connectivity index (χ2n) is 5.63. The molecule has 0 radical (unpaired) electrons. The summed E-state index contributed by atoms with van der Waals surface area (Å²) in [6.07, 6.45) is 0.900. The first kappa shape index (κ1) is 17.7. The highest BCUT2D eigenvalue weighted by Gasteiger charge is 2.20. The Morgan fingerprint density at radius 3 is 2.43 bits per heavy atom. The van der Waals surface area contributed by atoms with E-state index in [-0.39, 0.29) is 16.8 Å². The maximum atomic E-state index is 12.4. The summed E-state index contributed by atoms with van der Waals surface area (Å²) in [6, 6.07) is 6.20. The first-order chi connectivity index (χ1) is 9.69.